The van der Waals surface area contributed by atoms with Crippen LogP contribution in [0.4, 0.5) is 0 Å². The summed E-state index contributed by atoms with van der Waals surface area (Å²) in [5, 5.41) is 3.28. The highest BCUT2D eigenvalue weighted by Gasteiger charge is 2.09. The summed E-state index contributed by atoms with van der Waals surface area (Å²) in [6, 6.07) is 6.72. The lowest BCUT2D eigenvalue weighted by atomic mass is 10.1. The van der Waals surface area contributed by atoms with Gasteiger partial charge in [0, 0.05) is 15.0 Å². The zero-order valence-corrected chi connectivity index (χ0v) is 10.9. The van der Waals surface area contributed by atoms with Gasteiger partial charge in [-0.2, -0.15) is 0 Å². The van der Waals surface area contributed by atoms with E-state index in [1.165, 1.54) is 5.56 Å². The van der Waals surface area contributed by atoms with Gasteiger partial charge in [-0.05, 0) is 31.2 Å². The van der Waals surface area contributed by atoms with Gasteiger partial charge in [0.05, 0.1) is 0 Å². The first kappa shape index (κ1) is 11.2. The summed E-state index contributed by atoms with van der Waals surface area (Å²) in [4.78, 5) is 0. The quantitative estimate of drug-likeness (QED) is 0.893. The van der Waals surface area contributed by atoms with Gasteiger partial charge in [0.1, 0.15) is 0 Å². The molecule has 1 atom stereocenters. The monoisotopic (exact) mass is 305 g/mol. The van der Waals surface area contributed by atoms with Crippen LogP contribution in [0.5, 0.6) is 0 Å². The highest BCUT2D eigenvalue weighted by atomic mass is 79.9. The molecule has 0 saturated carbocycles. The average molecular weight is 307 g/mol. The average Bonchev–Trinajstić information content (AvgIpc) is 2.10. The second kappa shape index (κ2) is 5.13. The molecule has 0 heterocycles. The van der Waals surface area contributed by atoms with Crippen molar-refractivity contribution in [3.05, 3.63) is 32.7 Å². The van der Waals surface area contributed by atoms with Crippen LogP contribution < -0.4 is 5.32 Å². The predicted molar refractivity (Wildman–Crippen MR) is 63.9 cm³/mol. The van der Waals surface area contributed by atoms with Crippen molar-refractivity contribution < 1.29 is 0 Å². The number of halogens is 2. The van der Waals surface area contributed by atoms with E-state index in [1.807, 2.05) is 7.05 Å². The van der Waals surface area contributed by atoms with Crippen molar-refractivity contribution in [3.63, 3.8) is 0 Å². The van der Waals surface area contributed by atoms with Crippen LogP contribution in [0.2, 0.25) is 0 Å². The maximum atomic E-state index is 3.56. The molecule has 0 aromatic heterocycles. The van der Waals surface area contributed by atoms with Gasteiger partial charge >= 0.3 is 0 Å². The van der Waals surface area contributed by atoms with Gasteiger partial charge in [0.2, 0.25) is 0 Å². The Hall–Kier alpha value is 0.140. The number of rotatable bonds is 3. The second-order valence-corrected chi connectivity index (χ2v) is 4.69. The Bertz CT molecular complexity index is 282. The fourth-order valence-electron chi connectivity index (χ4n) is 1.36. The van der Waals surface area contributed by atoms with Crippen LogP contribution in [0.3, 0.4) is 0 Å². The van der Waals surface area contributed by atoms with Crippen molar-refractivity contribution >= 4 is 31.9 Å². The van der Waals surface area contributed by atoms with Gasteiger partial charge in [0.15, 0.2) is 0 Å². The molecule has 0 bridgehead atoms. The van der Waals surface area contributed by atoms with E-state index >= 15 is 0 Å². The van der Waals surface area contributed by atoms with E-state index in [-0.39, 0.29) is 0 Å². The van der Waals surface area contributed by atoms with Crippen LogP contribution in [0.25, 0.3) is 0 Å². The van der Waals surface area contributed by atoms with Crippen molar-refractivity contribution in [1.82, 2.24) is 5.32 Å². The minimum absolute atomic E-state index is 0.433. The molecule has 13 heavy (non-hydrogen) atoms. The molecule has 0 aliphatic heterocycles. The zero-order chi connectivity index (χ0) is 9.84. The second-order valence-electron chi connectivity index (χ2n) is 2.92. The van der Waals surface area contributed by atoms with Crippen molar-refractivity contribution in [2.75, 3.05) is 7.05 Å². The molecule has 3 heteroatoms. The van der Waals surface area contributed by atoms with Crippen LogP contribution in [0.1, 0.15) is 24.9 Å². The molecule has 0 saturated heterocycles. The summed E-state index contributed by atoms with van der Waals surface area (Å²) in [5.41, 5.74) is 1.31. The predicted octanol–water partition coefficient (Wildman–Crippen LogP) is 3.88. The minimum atomic E-state index is 0.433. The molecule has 1 rings (SSSR count). The highest BCUT2D eigenvalue weighted by molar-refractivity contribution is 9.11. The van der Waals surface area contributed by atoms with Gasteiger partial charge in [-0.3, -0.25) is 0 Å². The molecular weight excluding hydrogens is 294 g/mol. The number of hydrogen-bond donors (Lipinski definition) is 1. The molecule has 1 aromatic carbocycles. The zero-order valence-electron chi connectivity index (χ0n) is 7.77. The molecule has 72 valence electrons. The first-order valence-electron chi connectivity index (χ1n) is 4.31. The third-order valence-electron chi connectivity index (χ3n) is 2.09. The normalized spacial score (nSPS) is 12.9. The molecular formula is C10H13Br2N. The van der Waals surface area contributed by atoms with Gasteiger partial charge in [-0.15, -0.1) is 0 Å². The molecule has 1 aromatic rings. The Balaban J connectivity index is 2.99. The summed E-state index contributed by atoms with van der Waals surface area (Å²) in [6.07, 6.45) is 1.09. The minimum Gasteiger partial charge on any atom is -0.313 e. The lowest BCUT2D eigenvalue weighted by Crippen LogP contribution is -2.15. The third-order valence-corrected chi connectivity index (χ3v) is 3.27. The number of nitrogens with one attached hydrogen (secondary N) is 1. The van der Waals surface area contributed by atoms with E-state index < -0.39 is 0 Å². The van der Waals surface area contributed by atoms with E-state index in [0.717, 1.165) is 15.4 Å². The summed E-state index contributed by atoms with van der Waals surface area (Å²) in [6.45, 7) is 2.18. The smallest absolute Gasteiger partial charge is 0.0326 e. The van der Waals surface area contributed by atoms with Crippen LogP contribution in [-0.4, -0.2) is 7.05 Å². The SMILES string of the molecule is CCC(NC)c1ccc(Br)cc1Br. The van der Waals surface area contributed by atoms with Gasteiger partial charge in [0.25, 0.3) is 0 Å². The van der Waals surface area contributed by atoms with E-state index in [0.29, 0.717) is 6.04 Å². The van der Waals surface area contributed by atoms with Crippen LogP contribution in [-0.2, 0) is 0 Å². The van der Waals surface area contributed by atoms with E-state index in [2.05, 4.69) is 62.3 Å². The van der Waals surface area contributed by atoms with Crippen LogP contribution in [0.15, 0.2) is 27.1 Å². The lowest BCUT2D eigenvalue weighted by Gasteiger charge is -2.16. The van der Waals surface area contributed by atoms with E-state index in [9.17, 15) is 0 Å². The summed E-state index contributed by atoms with van der Waals surface area (Å²) < 4.78 is 2.26. The molecule has 1 nitrogen and oxygen atoms in total. The molecule has 0 fully saturated rings. The molecule has 1 N–H and O–H groups in total. The standard InChI is InChI=1S/C10H13Br2N/c1-3-10(13-2)8-5-4-7(11)6-9(8)12/h4-6,10,13H,3H2,1-2H3. The van der Waals surface area contributed by atoms with Crippen LogP contribution in [0, 0.1) is 0 Å². The highest BCUT2D eigenvalue weighted by Crippen LogP contribution is 2.28. The Labute approximate surface area is 96.2 Å². The van der Waals surface area contributed by atoms with Gasteiger partial charge in [-0.25, -0.2) is 0 Å². The Morgan fingerprint density at radius 2 is 2.08 bits per heavy atom. The first-order valence-corrected chi connectivity index (χ1v) is 5.89. The fraction of sp³-hybridized carbons (Fsp3) is 0.400. The maximum Gasteiger partial charge on any atom is 0.0326 e. The van der Waals surface area contributed by atoms with E-state index in [1.54, 1.807) is 0 Å². The van der Waals surface area contributed by atoms with Crippen LogP contribution >= 0.6 is 31.9 Å². The Kier molecular flexibility index (Phi) is 4.42. The van der Waals surface area contributed by atoms with Crippen molar-refractivity contribution in [2.24, 2.45) is 0 Å². The third kappa shape index (κ3) is 2.79. The van der Waals surface area contributed by atoms with E-state index in [4.69, 9.17) is 0 Å². The van der Waals surface area contributed by atoms with Crippen molar-refractivity contribution in [2.45, 2.75) is 19.4 Å². The maximum absolute atomic E-state index is 3.56. The van der Waals surface area contributed by atoms with Crippen molar-refractivity contribution in [1.29, 1.82) is 0 Å². The lowest BCUT2D eigenvalue weighted by molar-refractivity contribution is 0.574. The molecule has 0 aliphatic rings. The number of hydrogen-bond acceptors (Lipinski definition) is 1. The molecule has 0 aliphatic carbocycles. The Morgan fingerprint density at radius 3 is 2.54 bits per heavy atom. The Morgan fingerprint density at radius 1 is 1.38 bits per heavy atom. The molecule has 0 radical (unpaired) electrons. The summed E-state index contributed by atoms with van der Waals surface area (Å²) >= 11 is 7.00. The van der Waals surface area contributed by atoms with Crippen molar-refractivity contribution in [3.8, 4) is 0 Å². The van der Waals surface area contributed by atoms with Gasteiger partial charge < -0.3 is 5.32 Å². The summed E-state index contributed by atoms with van der Waals surface area (Å²) in [5.74, 6) is 0. The largest absolute Gasteiger partial charge is 0.313 e. The summed E-state index contributed by atoms with van der Waals surface area (Å²) in [7, 11) is 1.99. The molecule has 0 amide bonds. The fourth-order valence-corrected chi connectivity index (χ4v) is 2.69. The topological polar surface area (TPSA) is 12.0 Å². The number of benzene rings is 1. The molecule has 1 unspecified atom stereocenters. The molecule has 0 spiro atoms. The first-order chi connectivity index (χ1) is 6.19. The van der Waals surface area contributed by atoms with Gasteiger partial charge in [-0.1, -0.05) is 44.8 Å².